The quantitative estimate of drug-likeness (QED) is 0.416. The molecule has 5 rings (SSSR count). The molecule has 2 bridgehead atoms. The molecule has 0 saturated carbocycles. The molecule has 0 fully saturated rings. The second-order valence-electron chi connectivity index (χ2n) is 3.74. The largest absolute Gasteiger partial charge is 0.355 e. The lowest BCUT2D eigenvalue weighted by Crippen LogP contribution is -1.85. The first kappa shape index (κ1) is 6.49. The Hall–Kier alpha value is -1.96. The molecule has 5 aromatic rings. The number of aromatic amines is 2. The second-order valence-corrected chi connectivity index (χ2v) is 3.74. The maximum atomic E-state index is 3.42. The number of pyridine rings is 1. The van der Waals surface area contributed by atoms with Crippen molar-refractivity contribution in [1.29, 1.82) is 0 Å². The molecule has 0 aliphatic rings. The highest BCUT2D eigenvalue weighted by Gasteiger charge is 2.09. The van der Waals surface area contributed by atoms with E-state index in [0.29, 0.717) is 0 Å². The third-order valence-corrected chi connectivity index (χ3v) is 2.88. The highest BCUT2D eigenvalue weighted by molar-refractivity contribution is 6.17. The van der Waals surface area contributed by atoms with Gasteiger partial charge in [-0.2, -0.15) is 0 Å². The van der Waals surface area contributed by atoms with E-state index in [1.807, 2.05) is 0 Å². The Morgan fingerprint density at radius 1 is 0.786 bits per heavy atom. The summed E-state index contributed by atoms with van der Waals surface area (Å²) in [5, 5.41) is 2.62. The molecule has 0 atom stereocenters. The van der Waals surface area contributed by atoms with Crippen molar-refractivity contribution in [3.63, 3.8) is 0 Å². The van der Waals surface area contributed by atoms with Crippen molar-refractivity contribution in [2.24, 2.45) is 0 Å². The van der Waals surface area contributed by atoms with Crippen molar-refractivity contribution in [2.45, 2.75) is 0 Å². The van der Waals surface area contributed by atoms with Gasteiger partial charge in [-0.3, -0.25) is 0 Å². The molecule has 0 saturated heterocycles. The molecule has 14 heavy (non-hydrogen) atoms. The zero-order chi connectivity index (χ0) is 9.12. The number of aromatic nitrogens is 2. The lowest BCUT2D eigenvalue weighted by atomic mass is 10.1. The Kier molecular flexibility index (Phi) is 0.892. The molecule has 0 aliphatic carbocycles. The van der Waals surface area contributed by atoms with E-state index in [4.69, 9.17) is 0 Å². The van der Waals surface area contributed by atoms with Gasteiger partial charge in [0.25, 0.3) is 0 Å². The second kappa shape index (κ2) is 1.93. The normalized spacial score (nSPS) is 12.3. The van der Waals surface area contributed by atoms with E-state index in [-0.39, 0.29) is 0 Å². The summed E-state index contributed by atoms with van der Waals surface area (Å²) < 4.78 is 0. The van der Waals surface area contributed by atoms with Crippen LogP contribution in [0.4, 0.5) is 0 Å². The molecule has 2 N–H and O–H groups in total. The third-order valence-electron chi connectivity index (χ3n) is 2.88. The van der Waals surface area contributed by atoms with Crippen LogP contribution in [0, 0.1) is 0 Å². The molecular weight excluding hydrogens is 172 g/mol. The fourth-order valence-corrected chi connectivity index (χ4v) is 2.23. The Bertz CT molecular complexity index is 715. The monoisotopic (exact) mass is 180 g/mol. The predicted molar refractivity (Wildman–Crippen MR) is 58.8 cm³/mol. The fourth-order valence-electron chi connectivity index (χ4n) is 2.23. The lowest BCUT2D eigenvalue weighted by molar-refractivity contribution is 1.44. The van der Waals surface area contributed by atoms with E-state index in [9.17, 15) is 0 Å². The summed E-state index contributed by atoms with van der Waals surface area (Å²) in [6.07, 6.45) is 0. The van der Waals surface area contributed by atoms with Gasteiger partial charge in [-0.1, -0.05) is 18.2 Å². The maximum absolute atomic E-state index is 3.42. The van der Waals surface area contributed by atoms with Gasteiger partial charge in [0.1, 0.15) is 0 Å². The Morgan fingerprint density at radius 2 is 1.57 bits per heavy atom. The molecule has 3 heterocycles. The molecule has 66 valence electrons. The van der Waals surface area contributed by atoms with Gasteiger partial charge in [-0.15, -0.1) is 0 Å². The van der Waals surface area contributed by atoms with E-state index in [2.05, 4.69) is 46.4 Å². The standard InChI is InChI=1S/C12H8N2/c1-2-4-9-8(3-1)12-10-5-7(13-10)6-11(12)14-9/h1-6,13-14H. The zero-order valence-corrected chi connectivity index (χ0v) is 7.46. The number of nitrogens with one attached hydrogen (secondary N) is 2. The van der Waals surface area contributed by atoms with Crippen LogP contribution in [-0.4, -0.2) is 9.97 Å². The van der Waals surface area contributed by atoms with Crippen LogP contribution in [0.15, 0.2) is 36.4 Å². The summed E-state index contributed by atoms with van der Waals surface area (Å²) >= 11 is 0. The molecule has 0 aliphatic heterocycles. The van der Waals surface area contributed by atoms with Crippen LogP contribution < -0.4 is 0 Å². The Balaban J connectivity index is 2.43. The van der Waals surface area contributed by atoms with Crippen molar-refractivity contribution >= 4 is 32.8 Å². The topological polar surface area (TPSA) is 31.6 Å². The van der Waals surface area contributed by atoms with Crippen LogP contribution in [0.1, 0.15) is 0 Å². The van der Waals surface area contributed by atoms with Crippen molar-refractivity contribution in [2.75, 3.05) is 0 Å². The maximum Gasteiger partial charge on any atom is 0.0506 e. The molecule has 2 heteroatoms. The summed E-state index contributed by atoms with van der Waals surface area (Å²) in [4.78, 5) is 6.74. The molecule has 0 unspecified atom stereocenters. The van der Waals surface area contributed by atoms with Gasteiger partial charge in [0, 0.05) is 21.8 Å². The number of benzene rings is 2. The van der Waals surface area contributed by atoms with Crippen molar-refractivity contribution in [3.8, 4) is 0 Å². The highest BCUT2D eigenvalue weighted by atomic mass is 14.8. The minimum Gasteiger partial charge on any atom is -0.355 e. The number of hydrogen-bond donors (Lipinski definition) is 2. The average molecular weight is 180 g/mol. The van der Waals surface area contributed by atoms with Crippen LogP contribution in [0.3, 0.4) is 0 Å². The van der Waals surface area contributed by atoms with Gasteiger partial charge in [0.05, 0.1) is 11.0 Å². The fraction of sp³-hybridized carbons (Fsp3) is 0. The summed E-state index contributed by atoms with van der Waals surface area (Å²) in [6, 6.07) is 12.7. The molecule has 0 spiro atoms. The summed E-state index contributed by atoms with van der Waals surface area (Å²) in [7, 11) is 0. The zero-order valence-electron chi connectivity index (χ0n) is 7.46. The smallest absolute Gasteiger partial charge is 0.0506 e. The van der Waals surface area contributed by atoms with Gasteiger partial charge >= 0.3 is 0 Å². The van der Waals surface area contributed by atoms with Crippen molar-refractivity contribution < 1.29 is 0 Å². The summed E-state index contributed by atoms with van der Waals surface area (Å²) in [5.41, 5.74) is 4.90. The Morgan fingerprint density at radius 3 is 2.50 bits per heavy atom. The Labute approximate surface area is 79.9 Å². The first-order valence-corrected chi connectivity index (χ1v) is 4.73. The number of para-hydroxylation sites is 1. The minimum absolute atomic E-state index is 1.21. The SMILES string of the molecule is c1ccc2c(c1)[nH]c1cc3cc([nH]3)c12. The molecular formula is C12H8N2. The van der Waals surface area contributed by atoms with Gasteiger partial charge in [-0.25, -0.2) is 0 Å². The van der Waals surface area contributed by atoms with Crippen molar-refractivity contribution in [3.05, 3.63) is 36.4 Å². The van der Waals surface area contributed by atoms with Crippen molar-refractivity contribution in [1.82, 2.24) is 9.97 Å². The van der Waals surface area contributed by atoms with E-state index in [1.165, 1.54) is 32.8 Å². The number of hydrogen-bond acceptors (Lipinski definition) is 0. The van der Waals surface area contributed by atoms with Crippen LogP contribution in [0.5, 0.6) is 0 Å². The van der Waals surface area contributed by atoms with E-state index in [0.717, 1.165) is 0 Å². The van der Waals surface area contributed by atoms with Crippen LogP contribution in [0.2, 0.25) is 0 Å². The number of H-pyrrole nitrogens is 2. The highest BCUT2D eigenvalue weighted by Crippen LogP contribution is 2.32. The third kappa shape index (κ3) is 0.598. The van der Waals surface area contributed by atoms with Crippen LogP contribution >= 0.6 is 0 Å². The van der Waals surface area contributed by atoms with E-state index >= 15 is 0 Å². The molecule has 0 amide bonds. The average Bonchev–Trinajstić information content (AvgIpc) is 2.54. The first-order chi connectivity index (χ1) is 6.92. The lowest BCUT2D eigenvalue weighted by Gasteiger charge is -2.04. The molecule has 3 aromatic heterocycles. The minimum atomic E-state index is 1.21. The van der Waals surface area contributed by atoms with Crippen LogP contribution in [-0.2, 0) is 0 Å². The van der Waals surface area contributed by atoms with Crippen LogP contribution in [0.25, 0.3) is 32.8 Å². The molecule has 2 aromatic carbocycles. The van der Waals surface area contributed by atoms with E-state index in [1.54, 1.807) is 0 Å². The van der Waals surface area contributed by atoms with Gasteiger partial charge in [0.2, 0.25) is 0 Å². The molecule has 2 nitrogen and oxygen atoms in total. The summed E-state index contributed by atoms with van der Waals surface area (Å²) in [6.45, 7) is 0. The summed E-state index contributed by atoms with van der Waals surface area (Å²) in [5.74, 6) is 0. The van der Waals surface area contributed by atoms with Gasteiger partial charge in [-0.05, 0) is 18.2 Å². The molecule has 0 radical (unpaired) electrons. The van der Waals surface area contributed by atoms with Gasteiger partial charge < -0.3 is 9.97 Å². The predicted octanol–water partition coefficient (Wildman–Crippen LogP) is 3.24. The first-order valence-electron chi connectivity index (χ1n) is 4.73. The number of fused-ring (bicyclic) bond motifs is 1. The van der Waals surface area contributed by atoms with E-state index < -0.39 is 0 Å². The number of rotatable bonds is 0. The van der Waals surface area contributed by atoms with Gasteiger partial charge in [0.15, 0.2) is 0 Å².